The van der Waals surface area contributed by atoms with Crippen LogP contribution in [0.3, 0.4) is 0 Å². The molecule has 3 fully saturated rings. The Labute approximate surface area is 170 Å². The molecule has 6 heteroatoms. The van der Waals surface area contributed by atoms with Gasteiger partial charge in [0.2, 0.25) is 5.91 Å². The first kappa shape index (κ1) is 20.7. The first-order valence-corrected chi connectivity index (χ1v) is 10.7. The Morgan fingerprint density at radius 3 is 2.31 bits per heavy atom. The number of aryl methyl sites for hydroxylation is 1. The van der Waals surface area contributed by atoms with E-state index in [0.29, 0.717) is 19.3 Å². The second-order valence-electron chi connectivity index (χ2n) is 9.89. The first-order chi connectivity index (χ1) is 13.5. The van der Waals surface area contributed by atoms with Crippen molar-refractivity contribution < 1.29 is 23.1 Å². The van der Waals surface area contributed by atoms with Gasteiger partial charge in [-0.05, 0) is 81.0 Å². The summed E-state index contributed by atoms with van der Waals surface area (Å²) in [6.07, 6.45) is 1.06. The maximum absolute atomic E-state index is 13.3. The zero-order valence-electron chi connectivity index (χ0n) is 17.2. The van der Waals surface area contributed by atoms with E-state index in [-0.39, 0.29) is 23.2 Å². The summed E-state index contributed by atoms with van der Waals surface area (Å²) >= 11 is 0. The van der Waals surface area contributed by atoms with E-state index in [1.54, 1.807) is 6.92 Å². The monoisotopic (exact) mass is 409 g/mol. The van der Waals surface area contributed by atoms with Crippen molar-refractivity contribution >= 4 is 5.91 Å². The molecule has 0 unspecified atom stereocenters. The maximum Gasteiger partial charge on any atom is 0.416 e. The van der Waals surface area contributed by atoms with Gasteiger partial charge in [-0.3, -0.25) is 4.79 Å². The first-order valence-electron chi connectivity index (χ1n) is 10.7. The van der Waals surface area contributed by atoms with Crippen LogP contribution in [0.4, 0.5) is 13.2 Å². The maximum atomic E-state index is 13.3. The van der Waals surface area contributed by atoms with Crippen molar-refractivity contribution in [3.05, 3.63) is 34.9 Å². The molecule has 1 N–H and O–H groups in total. The highest BCUT2D eigenvalue weighted by Crippen LogP contribution is 2.50. The Bertz CT molecular complexity index is 778. The number of benzene rings is 1. The molecule has 3 aliphatic rings. The van der Waals surface area contributed by atoms with Crippen LogP contribution in [-0.4, -0.2) is 34.6 Å². The van der Waals surface area contributed by atoms with Crippen LogP contribution in [0.15, 0.2) is 18.2 Å². The molecule has 0 aromatic heterocycles. The highest BCUT2D eigenvalue weighted by Gasteiger charge is 2.51. The van der Waals surface area contributed by atoms with E-state index in [4.69, 9.17) is 0 Å². The number of alkyl halides is 3. The normalized spacial score (nSPS) is 29.4. The second kappa shape index (κ2) is 7.00. The van der Waals surface area contributed by atoms with Crippen LogP contribution in [0.1, 0.15) is 75.0 Å². The van der Waals surface area contributed by atoms with Crippen molar-refractivity contribution in [3.63, 3.8) is 0 Å². The number of aliphatic hydroxyl groups is 1. The van der Waals surface area contributed by atoms with Crippen molar-refractivity contribution in [3.8, 4) is 0 Å². The minimum Gasteiger partial charge on any atom is -0.390 e. The third-order valence-electron chi connectivity index (χ3n) is 7.35. The molecule has 160 valence electrons. The van der Waals surface area contributed by atoms with E-state index in [1.807, 2.05) is 17.9 Å². The van der Waals surface area contributed by atoms with Crippen LogP contribution < -0.4 is 0 Å². The fourth-order valence-corrected chi connectivity index (χ4v) is 5.56. The van der Waals surface area contributed by atoms with E-state index in [1.165, 1.54) is 12.1 Å². The number of likely N-dealkylation sites (tertiary alicyclic amines) is 1. The average Bonchev–Trinajstić information content (AvgIpc) is 2.62. The van der Waals surface area contributed by atoms with E-state index >= 15 is 0 Å². The molecule has 1 heterocycles. The quantitative estimate of drug-likeness (QED) is 0.770. The van der Waals surface area contributed by atoms with Gasteiger partial charge in [-0.25, -0.2) is 0 Å². The second-order valence-corrected chi connectivity index (χ2v) is 9.89. The summed E-state index contributed by atoms with van der Waals surface area (Å²) in [6, 6.07) is 4.54. The molecule has 1 aromatic carbocycles. The number of amides is 1. The molecule has 3 nitrogen and oxygen atoms in total. The molecule has 0 radical (unpaired) electrons. The summed E-state index contributed by atoms with van der Waals surface area (Å²) in [5.74, 6) is 0.283. The molecule has 1 amide bonds. The molecule has 1 aromatic rings. The third kappa shape index (κ3) is 4.05. The molecule has 2 saturated carbocycles. The Balaban J connectivity index is 1.35. The SMILES string of the molecule is CCc1cc(C2CCC3(CC2)CN(C(=O)C2CC(C)(O)C2)C3)cc(C(F)(F)F)c1. The van der Waals surface area contributed by atoms with Gasteiger partial charge in [0.05, 0.1) is 11.2 Å². The molecule has 2 aliphatic carbocycles. The molecule has 29 heavy (non-hydrogen) atoms. The van der Waals surface area contributed by atoms with Crippen LogP contribution in [0.25, 0.3) is 0 Å². The van der Waals surface area contributed by atoms with Crippen LogP contribution in [-0.2, 0) is 17.4 Å². The van der Waals surface area contributed by atoms with Crippen molar-refractivity contribution in [2.24, 2.45) is 11.3 Å². The Kier molecular flexibility index (Phi) is 5.00. The summed E-state index contributed by atoms with van der Waals surface area (Å²) in [6.45, 7) is 5.18. The van der Waals surface area contributed by atoms with Crippen molar-refractivity contribution in [2.75, 3.05) is 13.1 Å². The highest BCUT2D eigenvalue weighted by molar-refractivity contribution is 5.81. The summed E-state index contributed by atoms with van der Waals surface area (Å²) in [5.41, 5.74) is 0.475. The molecule has 4 rings (SSSR count). The number of nitrogens with zero attached hydrogens (tertiary/aromatic N) is 1. The summed E-state index contributed by atoms with van der Waals surface area (Å²) in [4.78, 5) is 14.4. The minimum absolute atomic E-state index is 0.0451. The van der Waals surface area contributed by atoms with Gasteiger partial charge >= 0.3 is 6.18 Å². The van der Waals surface area contributed by atoms with Gasteiger partial charge in [-0.2, -0.15) is 13.2 Å². The van der Waals surface area contributed by atoms with Crippen LogP contribution in [0.5, 0.6) is 0 Å². The smallest absolute Gasteiger partial charge is 0.390 e. The number of halogens is 3. The number of hydrogen-bond donors (Lipinski definition) is 1. The van der Waals surface area contributed by atoms with Gasteiger partial charge in [0, 0.05) is 24.4 Å². The lowest BCUT2D eigenvalue weighted by atomic mass is 9.63. The van der Waals surface area contributed by atoms with E-state index in [2.05, 4.69) is 0 Å². The molecular weight excluding hydrogens is 379 g/mol. The molecular formula is C23H30F3NO2. The fourth-order valence-electron chi connectivity index (χ4n) is 5.56. The lowest BCUT2D eigenvalue weighted by Crippen LogP contribution is -2.62. The molecule has 0 atom stereocenters. The predicted molar refractivity (Wildman–Crippen MR) is 104 cm³/mol. The number of rotatable bonds is 3. The fraction of sp³-hybridized carbons (Fsp3) is 0.696. The Morgan fingerprint density at radius 1 is 1.17 bits per heavy atom. The van der Waals surface area contributed by atoms with Crippen molar-refractivity contribution in [1.29, 1.82) is 0 Å². The van der Waals surface area contributed by atoms with Gasteiger partial charge in [0.15, 0.2) is 0 Å². The van der Waals surface area contributed by atoms with E-state index in [9.17, 15) is 23.1 Å². The zero-order valence-corrected chi connectivity index (χ0v) is 17.2. The Hall–Kier alpha value is -1.56. The number of hydrogen-bond acceptors (Lipinski definition) is 2. The summed E-state index contributed by atoms with van der Waals surface area (Å²) in [5, 5.41) is 9.85. The molecule has 0 bridgehead atoms. The molecule has 1 aliphatic heterocycles. The van der Waals surface area contributed by atoms with Crippen LogP contribution >= 0.6 is 0 Å². The largest absolute Gasteiger partial charge is 0.416 e. The number of carbonyl (C=O) groups is 1. The Morgan fingerprint density at radius 2 is 1.79 bits per heavy atom. The number of carbonyl (C=O) groups excluding carboxylic acids is 1. The van der Waals surface area contributed by atoms with Gasteiger partial charge in [0.1, 0.15) is 0 Å². The van der Waals surface area contributed by atoms with Gasteiger partial charge in [0.25, 0.3) is 0 Å². The van der Waals surface area contributed by atoms with Gasteiger partial charge < -0.3 is 10.0 Å². The third-order valence-corrected chi connectivity index (χ3v) is 7.35. The van der Waals surface area contributed by atoms with Gasteiger partial charge in [-0.1, -0.05) is 13.0 Å². The molecule has 1 spiro atoms. The van der Waals surface area contributed by atoms with Gasteiger partial charge in [-0.15, -0.1) is 0 Å². The van der Waals surface area contributed by atoms with Crippen LogP contribution in [0.2, 0.25) is 0 Å². The molecule has 1 saturated heterocycles. The standard InChI is InChI=1S/C23H30F3NO2/c1-3-15-8-17(10-19(9-15)23(24,25)26)16-4-6-22(7-5-16)13-27(14-22)20(28)18-11-21(2,29)12-18/h8-10,16,18,29H,3-7,11-14H2,1-2H3. The van der Waals surface area contributed by atoms with Crippen molar-refractivity contribution in [1.82, 2.24) is 4.90 Å². The highest BCUT2D eigenvalue weighted by atomic mass is 19.4. The lowest BCUT2D eigenvalue weighted by molar-refractivity contribution is -0.163. The average molecular weight is 409 g/mol. The summed E-state index contributed by atoms with van der Waals surface area (Å²) < 4.78 is 39.8. The minimum atomic E-state index is -4.31. The topological polar surface area (TPSA) is 40.5 Å². The van der Waals surface area contributed by atoms with E-state index < -0.39 is 17.3 Å². The predicted octanol–water partition coefficient (Wildman–Crippen LogP) is 4.92. The lowest BCUT2D eigenvalue weighted by Gasteiger charge is -2.55. The zero-order chi connectivity index (χ0) is 21.0. The summed E-state index contributed by atoms with van der Waals surface area (Å²) in [7, 11) is 0. The van der Waals surface area contributed by atoms with Crippen LogP contribution in [0, 0.1) is 11.3 Å². The van der Waals surface area contributed by atoms with Crippen molar-refractivity contribution in [2.45, 2.75) is 76.5 Å². The van der Waals surface area contributed by atoms with E-state index in [0.717, 1.165) is 49.9 Å².